The lowest BCUT2D eigenvalue weighted by Crippen LogP contribution is -2.35. The zero-order valence-electron chi connectivity index (χ0n) is 16.0. The van der Waals surface area contributed by atoms with E-state index in [2.05, 4.69) is 9.62 Å². The molecule has 0 aromatic heterocycles. The minimum Gasteiger partial charge on any atom is -0.495 e. The topological polar surface area (TPSA) is 67.9 Å². The Kier molecular flexibility index (Phi) is 6.04. The third-order valence-corrected chi connectivity index (χ3v) is 6.19. The summed E-state index contributed by atoms with van der Waals surface area (Å²) in [6.07, 6.45) is 0. The molecule has 27 heavy (non-hydrogen) atoms. The summed E-state index contributed by atoms with van der Waals surface area (Å²) >= 11 is 0. The van der Waals surface area contributed by atoms with Gasteiger partial charge in [-0.15, -0.1) is 0 Å². The van der Waals surface area contributed by atoms with Gasteiger partial charge in [0, 0.05) is 25.3 Å². The summed E-state index contributed by atoms with van der Waals surface area (Å²) in [5.74, 6) is 0.342. The van der Waals surface area contributed by atoms with Crippen molar-refractivity contribution in [2.75, 3.05) is 38.1 Å². The van der Waals surface area contributed by atoms with Crippen molar-refractivity contribution in [1.82, 2.24) is 4.90 Å². The predicted molar refractivity (Wildman–Crippen MR) is 106 cm³/mol. The second-order valence-corrected chi connectivity index (χ2v) is 8.43. The molecule has 2 aromatic rings. The van der Waals surface area contributed by atoms with Gasteiger partial charge in [-0.3, -0.25) is 9.62 Å². The Morgan fingerprint density at radius 3 is 2.33 bits per heavy atom. The van der Waals surface area contributed by atoms with E-state index in [1.165, 1.54) is 7.11 Å². The van der Waals surface area contributed by atoms with Crippen LogP contribution in [-0.2, 0) is 21.3 Å². The molecule has 0 amide bonds. The summed E-state index contributed by atoms with van der Waals surface area (Å²) in [6.45, 7) is 8.00. The first-order valence-electron chi connectivity index (χ1n) is 8.96. The van der Waals surface area contributed by atoms with Crippen LogP contribution in [0.1, 0.15) is 16.7 Å². The monoisotopic (exact) mass is 390 g/mol. The average Bonchev–Trinajstić information content (AvgIpc) is 2.65. The number of nitrogens with zero attached hydrogens (tertiary/aromatic N) is 1. The van der Waals surface area contributed by atoms with Gasteiger partial charge in [-0.1, -0.05) is 12.1 Å². The second-order valence-electron chi connectivity index (χ2n) is 6.78. The van der Waals surface area contributed by atoms with Crippen LogP contribution in [0.4, 0.5) is 5.69 Å². The van der Waals surface area contributed by atoms with Crippen LogP contribution in [0, 0.1) is 13.8 Å². The van der Waals surface area contributed by atoms with Crippen molar-refractivity contribution in [3.8, 4) is 5.75 Å². The van der Waals surface area contributed by atoms with Crippen molar-refractivity contribution >= 4 is 15.7 Å². The van der Waals surface area contributed by atoms with Gasteiger partial charge >= 0.3 is 0 Å². The van der Waals surface area contributed by atoms with Gasteiger partial charge in [-0.25, -0.2) is 8.42 Å². The number of ether oxygens (including phenoxy) is 2. The van der Waals surface area contributed by atoms with Gasteiger partial charge in [-0.2, -0.15) is 0 Å². The van der Waals surface area contributed by atoms with Gasteiger partial charge in [0.1, 0.15) is 10.6 Å². The van der Waals surface area contributed by atoms with E-state index in [0.717, 1.165) is 49.5 Å². The zero-order valence-corrected chi connectivity index (χ0v) is 16.8. The molecule has 0 atom stereocenters. The van der Waals surface area contributed by atoms with E-state index >= 15 is 0 Å². The maximum Gasteiger partial charge on any atom is 0.265 e. The van der Waals surface area contributed by atoms with E-state index in [1.54, 1.807) is 24.3 Å². The number of anilines is 1. The molecule has 1 aliphatic rings. The van der Waals surface area contributed by atoms with Gasteiger partial charge in [0.05, 0.1) is 20.3 Å². The maximum atomic E-state index is 12.8. The minimum absolute atomic E-state index is 0.144. The highest BCUT2D eigenvalue weighted by Gasteiger charge is 2.21. The Hall–Kier alpha value is -2.09. The molecule has 0 bridgehead atoms. The highest BCUT2D eigenvalue weighted by atomic mass is 32.2. The molecule has 1 aliphatic heterocycles. The van der Waals surface area contributed by atoms with Crippen molar-refractivity contribution in [3.05, 3.63) is 53.1 Å². The Balaban J connectivity index is 1.75. The number of benzene rings is 2. The van der Waals surface area contributed by atoms with Gasteiger partial charge in [0.15, 0.2) is 0 Å². The summed E-state index contributed by atoms with van der Waals surface area (Å²) in [6, 6.07) is 10.9. The highest BCUT2D eigenvalue weighted by Crippen LogP contribution is 2.29. The van der Waals surface area contributed by atoms with E-state index in [0.29, 0.717) is 11.4 Å². The van der Waals surface area contributed by atoms with Crippen LogP contribution in [0.25, 0.3) is 0 Å². The summed E-state index contributed by atoms with van der Waals surface area (Å²) in [5, 5.41) is 0. The normalized spacial score (nSPS) is 15.5. The number of rotatable bonds is 6. The van der Waals surface area contributed by atoms with E-state index in [-0.39, 0.29) is 4.90 Å². The summed E-state index contributed by atoms with van der Waals surface area (Å²) < 4.78 is 38.9. The van der Waals surface area contributed by atoms with Gasteiger partial charge in [-0.05, 0) is 54.8 Å². The molecule has 0 unspecified atom stereocenters. The molecule has 6 nitrogen and oxygen atoms in total. The molecule has 0 spiro atoms. The highest BCUT2D eigenvalue weighted by molar-refractivity contribution is 7.92. The van der Waals surface area contributed by atoms with Crippen molar-refractivity contribution in [2.24, 2.45) is 0 Å². The number of sulfonamides is 1. The van der Waals surface area contributed by atoms with E-state index < -0.39 is 10.0 Å². The number of aryl methyl sites for hydroxylation is 2. The van der Waals surface area contributed by atoms with E-state index in [4.69, 9.17) is 9.47 Å². The lowest BCUT2D eigenvalue weighted by atomic mass is 10.1. The summed E-state index contributed by atoms with van der Waals surface area (Å²) in [5.41, 5.74) is 3.56. The Morgan fingerprint density at radius 1 is 1.07 bits per heavy atom. The van der Waals surface area contributed by atoms with E-state index in [1.807, 2.05) is 26.0 Å². The molecular weight excluding hydrogens is 364 g/mol. The average molecular weight is 391 g/mol. The van der Waals surface area contributed by atoms with Gasteiger partial charge in [0.2, 0.25) is 0 Å². The number of methoxy groups -OCH3 is 1. The summed E-state index contributed by atoms with van der Waals surface area (Å²) in [4.78, 5) is 2.47. The fourth-order valence-electron chi connectivity index (χ4n) is 3.04. The molecule has 0 saturated carbocycles. The van der Waals surface area contributed by atoms with Gasteiger partial charge in [0.25, 0.3) is 10.0 Å². The molecule has 2 aromatic carbocycles. The Labute approximate surface area is 161 Å². The van der Waals surface area contributed by atoms with Crippen LogP contribution in [-0.4, -0.2) is 46.7 Å². The molecule has 1 fully saturated rings. The molecule has 7 heteroatoms. The molecule has 146 valence electrons. The standard InChI is InChI=1S/C20H26N2O4S/c1-15-12-19(25-3)20(13-16(15)2)27(23,24)21-18-6-4-17(5-7-18)14-22-8-10-26-11-9-22/h4-7,12-13,21H,8-11,14H2,1-3H3. The van der Waals surface area contributed by atoms with Crippen LogP contribution < -0.4 is 9.46 Å². The summed E-state index contributed by atoms with van der Waals surface area (Å²) in [7, 11) is -2.26. The number of morpholine rings is 1. The van der Waals surface area contributed by atoms with Crippen molar-refractivity contribution in [1.29, 1.82) is 0 Å². The Bertz CT molecular complexity index is 889. The zero-order chi connectivity index (χ0) is 19.4. The predicted octanol–water partition coefficient (Wildman–Crippen LogP) is 2.95. The first-order valence-corrected chi connectivity index (χ1v) is 10.4. The lowest BCUT2D eigenvalue weighted by molar-refractivity contribution is 0.0342. The maximum absolute atomic E-state index is 12.8. The van der Waals surface area contributed by atoms with Crippen molar-refractivity contribution < 1.29 is 17.9 Å². The van der Waals surface area contributed by atoms with Crippen LogP contribution in [0.2, 0.25) is 0 Å². The molecule has 0 aliphatic carbocycles. The fraction of sp³-hybridized carbons (Fsp3) is 0.400. The SMILES string of the molecule is COc1cc(C)c(C)cc1S(=O)(=O)Nc1ccc(CN2CCOCC2)cc1. The largest absolute Gasteiger partial charge is 0.495 e. The number of hydrogen-bond donors (Lipinski definition) is 1. The van der Waals surface area contributed by atoms with Crippen molar-refractivity contribution in [2.45, 2.75) is 25.3 Å². The van der Waals surface area contributed by atoms with Crippen LogP contribution in [0.3, 0.4) is 0 Å². The third kappa shape index (κ3) is 4.80. The van der Waals surface area contributed by atoms with Crippen molar-refractivity contribution in [3.63, 3.8) is 0 Å². The molecule has 0 radical (unpaired) electrons. The smallest absolute Gasteiger partial charge is 0.265 e. The lowest BCUT2D eigenvalue weighted by Gasteiger charge is -2.26. The van der Waals surface area contributed by atoms with Crippen LogP contribution in [0.15, 0.2) is 41.3 Å². The number of hydrogen-bond acceptors (Lipinski definition) is 5. The minimum atomic E-state index is -3.74. The Morgan fingerprint density at radius 2 is 1.70 bits per heavy atom. The first-order chi connectivity index (χ1) is 12.9. The van der Waals surface area contributed by atoms with Crippen LogP contribution in [0.5, 0.6) is 5.75 Å². The second kappa shape index (κ2) is 8.29. The first kappa shape index (κ1) is 19.7. The molecule has 3 rings (SSSR count). The number of nitrogens with one attached hydrogen (secondary N) is 1. The van der Waals surface area contributed by atoms with E-state index in [9.17, 15) is 8.42 Å². The molecular formula is C20H26N2O4S. The molecule has 1 heterocycles. The third-order valence-electron chi connectivity index (χ3n) is 4.79. The van der Waals surface area contributed by atoms with Crippen LogP contribution >= 0.6 is 0 Å². The quantitative estimate of drug-likeness (QED) is 0.821. The van der Waals surface area contributed by atoms with Gasteiger partial charge < -0.3 is 9.47 Å². The molecule has 1 saturated heterocycles. The fourth-order valence-corrected chi connectivity index (χ4v) is 4.33. The molecule has 1 N–H and O–H groups in total.